The van der Waals surface area contributed by atoms with Crippen LogP contribution in [-0.4, -0.2) is 38.5 Å². The van der Waals surface area contributed by atoms with Crippen LogP contribution in [0.5, 0.6) is 23.0 Å². The number of hydrogen-bond donors (Lipinski definition) is 0. The monoisotopic (exact) mass is 712 g/mol. The minimum atomic E-state index is -0.840. The molecule has 0 unspecified atom stereocenters. The fraction of sp³-hybridized carbons (Fsp3) is 0.242. The molecule has 1 aliphatic heterocycles. The molecule has 0 bridgehead atoms. The topological polar surface area (TPSA) is 97.6 Å². The largest absolute Gasteiger partial charge is 0.497 e. The Morgan fingerprint density at radius 3 is 2.44 bits per heavy atom. The lowest BCUT2D eigenvalue weighted by atomic mass is 9.95. The highest BCUT2D eigenvalue weighted by molar-refractivity contribution is 9.10. The van der Waals surface area contributed by atoms with Crippen molar-refractivity contribution in [3.8, 4) is 23.0 Å². The number of aromatic nitrogens is 1. The number of ether oxygens (including phenoxy) is 5. The molecule has 5 rings (SSSR count). The van der Waals surface area contributed by atoms with Crippen LogP contribution in [0, 0.1) is 0 Å². The van der Waals surface area contributed by atoms with E-state index in [0.717, 1.165) is 5.56 Å². The van der Waals surface area contributed by atoms with Gasteiger partial charge in [-0.05, 0) is 83.4 Å². The molecule has 2 heterocycles. The molecular formula is C33H30BrClN2O7S. The lowest BCUT2D eigenvalue weighted by Crippen LogP contribution is -2.40. The smallest absolute Gasteiger partial charge is 0.338 e. The van der Waals surface area contributed by atoms with Crippen molar-refractivity contribution in [3.05, 3.63) is 112 Å². The highest BCUT2D eigenvalue weighted by Gasteiger charge is 2.35. The number of thiazole rings is 1. The van der Waals surface area contributed by atoms with Crippen molar-refractivity contribution in [1.82, 2.24) is 4.57 Å². The SMILES string of the molecule is CCOC(=O)C1=C(C)N=c2s/c(=C\c3cc(Br)c(OCc4ccc(Cl)cc4)c(OC)c3)c(=O)n2[C@H]1c1ccc(OC)cc1OC. The van der Waals surface area contributed by atoms with Crippen LogP contribution in [0.4, 0.5) is 0 Å². The Kier molecular flexibility index (Phi) is 10.0. The quantitative estimate of drug-likeness (QED) is 0.191. The predicted octanol–water partition coefficient (Wildman–Crippen LogP) is 5.82. The number of fused-ring (bicyclic) bond motifs is 1. The number of carbonyl (C=O) groups excluding carboxylic acids is 1. The molecule has 3 aromatic carbocycles. The van der Waals surface area contributed by atoms with E-state index in [9.17, 15) is 9.59 Å². The minimum Gasteiger partial charge on any atom is -0.497 e. The van der Waals surface area contributed by atoms with Gasteiger partial charge in [0.1, 0.15) is 24.1 Å². The van der Waals surface area contributed by atoms with Gasteiger partial charge in [-0.1, -0.05) is 35.1 Å². The number of rotatable bonds is 10. The maximum absolute atomic E-state index is 14.1. The maximum Gasteiger partial charge on any atom is 0.338 e. The van der Waals surface area contributed by atoms with Crippen molar-refractivity contribution in [1.29, 1.82) is 0 Å². The van der Waals surface area contributed by atoms with Crippen molar-refractivity contribution >= 4 is 50.9 Å². The van der Waals surface area contributed by atoms with Crippen LogP contribution in [0.2, 0.25) is 5.02 Å². The number of methoxy groups -OCH3 is 3. The summed E-state index contributed by atoms with van der Waals surface area (Å²) in [4.78, 5) is 32.5. The Balaban J connectivity index is 1.60. The maximum atomic E-state index is 14.1. The van der Waals surface area contributed by atoms with Crippen LogP contribution in [0.3, 0.4) is 0 Å². The van der Waals surface area contributed by atoms with Gasteiger partial charge in [-0.25, -0.2) is 9.79 Å². The zero-order chi connectivity index (χ0) is 32.2. The van der Waals surface area contributed by atoms with E-state index in [2.05, 4.69) is 20.9 Å². The Bertz CT molecular complexity index is 1970. The molecule has 4 aromatic rings. The van der Waals surface area contributed by atoms with E-state index < -0.39 is 12.0 Å². The molecule has 12 heteroatoms. The average molecular weight is 714 g/mol. The molecule has 0 radical (unpaired) electrons. The standard InChI is InChI=1S/C33H30BrClN2O7S/c1-6-43-32(39)28-18(2)36-33-37(29(28)23-12-11-22(40-3)16-25(23)41-4)31(38)27(45-33)15-20-13-24(34)30(26(14-20)42-5)44-17-19-7-9-21(35)10-8-19/h7-16,29H,6,17H2,1-5H3/b27-15-/t29-/m0/s1. The molecule has 1 atom stereocenters. The molecule has 0 aliphatic carbocycles. The van der Waals surface area contributed by atoms with Gasteiger partial charge < -0.3 is 23.7 Å². The molecular weight excluding hydrogens is 684 g/mol. The highest BCUT2D eigenvalue weighted by atomic mass is 79.9. The normalized spacial score (nSPS) is 14.5. The first-order chi connectivity index (χ1) is 21.7. The van der Waals surface area contributed by atoms with Crippen molar-refractivity contribution in [2.24, 2.45) is 4.99 Å². The summed E-state index contributed by atoms with van der Waals surface area (Å²) in [6.45, 7) is 3.94. The van der Waals surface area contributed by atoms with Crippen molar-refractivity contribution in [3.63, 3.8) is 0 Å². The lowest BCUT2D eigenvalue weighted by Gasteiger charge is -2.26. The number of nitrogens with zero attached hydrogens (tertiary/aromatic N) is 2. The van der Waals surface area contributed by atoms with Gasteiger partial charge in [0.15, 0.2) is 16.3 Å². The van der Waals surface area contributed by atoms with Crippen LogP contribution < -0.4 is 33.8 Å². The molecule has 0 spiro atoms. The first kappa shape index (κ1) is 32.3. The summed E-state index contributed by atoms with van der Waals surface area (Å²) in [6.07, 6.45) is 1.76. The van der Waals surface area contributed by atoms with Gasteiger partial charge >= 0.3 is 5.97 Å². The third kappa shape index (κ3) is 6.66. The molecule has 45 heavy (non-hydrogen) atoms. The molecule has 0 saturated carbocycles. The minimum absolute atomic E-state index is 0.169. The summed E-state index contributed by atoms with van der Waals surface area (Å²) >= 11 is 10.8. The van der Waals surface area contributed by atoms with E-state index in [0.29, 0.717) is 65.3 Å². The molecule has 1 aliphatic rings. The summed E-state index contributed by atoms with van der Waals surface area (Å²) < 4.78 is 30.7. The van der Waals surface area contributed by atoms with Crippen molar-refractivity contribution in [2.75, 3.05) is 27.9 Å². The van der Waals surface area contributed by atoms with Gasteiger partial charge in [0.2, 0.25) is 0 Å². The van der Waals surface area contributed by atoms with E-state index in [4.69, 9.17) is 35.3 Å². The van der Waals surface area contributed by atoms with Gasteiger partial charge in [-0.3, -0.25) is 9.36 Å². The summed E-state index contributed by atoms with van der Waals surface area (Å²) in [5.74, 6) is 1.47. The molecule has 0 amide bonds. The van der Waals surface area contributed by atoms with Crippen molar-refractivity contribution < 1.29 is 28.5 Å². The predicted molar refractivity (Wildman–Crippen MR) is 176 cm³/mol. The van der Waals surface area contributed by atoms with Crippen molar-refractivity contribution in [2.45, 2.75) is 26.5 Å². The molecule has 234 valence electrons. The fourth-order valence-electron chi connectivity index (χ4n) is 4.98. The summed E-state index contributed by atoms with van der Waals surface area (Å²) in [5.41, 5.74) is 2.62. The second-order valence-electron chi connectivity index (χ2n) is 9.86. The second kappa shape index (κ2) is 13.9. The van der Waals surface area contributed by atoms with Gasteiger partial charge in [0.25, 0.3) is 5.56 Å². The number of benzene rings is 3. The number of halogens is 2. The first-order valence-electron chi connectivity index (χ1n) is 13.8. The van der Waals surface area contributed by atoms with Gasteiger partial charge in [-0.15, -0.1) is 0 Å². The van der Waals surface area contributed by atoms with Crippen LogP contribution in [0.25, 0.3) is 6.08 Å². The number of allylic oxidation sites excluding steroid dienone is 1. The summed E-state index contributed by atoms with van der Waals surface area (Å²) in [5, 5.41) is 0.647. The Morgan fingerprint density at radius 2 is 1.78 bits per heavy atom. The molecule has 0 N–H and O–H groups in total. The van der Waals surface area contributed by atoms with Crippen LogP contribution in [0.1, 0.15) is 36.6 Å². The Hall–Kier alpha value is -4.06. The molecule has 0 saturated heterocycles. The third-order valence-corrected chi connectivity index (χ3v) is 8.92. The van der Waals surface area contributed by atoms with Crippen LogP contribution in [-0.2, 0) is 16.1 Å². The average Bonchev–Trinajstić information content (AvgIpc) is 3.33. The van der Waals surface area contributed by atoms with E-state index >= 15 is 0 Å². The third-order valence-electron chi connectivity index (χ3n) is 7.10. The zero-order valence-electron chi connectivity index (χ0n) is 25.2. The zero-order valence-corrected chi connectivity index (χ0v) is 28.3. The fourth-order valence-corrected chi connectivity index (χ4v) is 6.73. The molecule has 0 fully saturated rings. The van der Waals surface area contributed by atoms with Gasteiger partial charge in [0.05, 0.1) is 48.2 Å². The van der Waals surface area contributed by atoms with E-state index in [1.54, 1.807) is 70.5 Å². The molecule has 9 nitrogen and oxygen atoms in total. The lowest BCUT2D eigenvalue weighted by molar-refractivity contribution is -0.139. The van der Waals surface area contributed by atoms with E-state index in [-0.39, 0.29) is 17.7 Å². The summed E-state index contributed by atoms with van der Waals surface area (Å²) in [7, 11) is 4.63. The summed E-state index contributed by atoms with van der Waals surface area (Å²) in [6, 6.07) is 15.4. The van der Waals surface area contributed by atoms with Crippen LogP contribution >= 0.6 is 38.9 Å². The Labute approximate surface area is 277 Å². The number of hydrogen-bond acceptors (Lipinski definition) is 9. The number of esters is 1. The highest BCUT2D eigenvalue weighted by Crippen LogP contribution is 2.39. The Morgan fingerprint density at radius 1 is 1.04 bits per heavy atom. The second-order valence-corrected chi connectivity index (χ2v) is 12.2. The molecule has 1 aromatic heterocycles. The van der Waals surface area contributed by atoms with E-state index in [1.165, 1.54) is 23.0 Å². The van der Waals surface area contributed by atoms with Gasteiger partial charge in [-0.2, -0.15) is 0 Å². The number of carbonyl (C=O) groups is 1. The van der Waals surface area contributed by atoms with Gasteiger partial charge in [0, 0.05) is 16.7 Å². The first-order valence-corrected chi connectivity index (χ1v) is 15.8. The van der Waals surface area contributed by atoms with E-state index in [1.807, 2.05) is 18.2 Å². The van der Waals surface area contributed by atoms with Crippen LogP contribution in [0.15, 0.2) is 80.1 Å².